The van der Waals surface area contributed by atoms with Gasteiger partial charge in [0, 0.05) is 47.6 Å². The average molecular weight is 598 g/mol. The lowest BCUT2D eigenvalue weighted by atomic mass is 9.86. The van der Waals surface area contributed by atoms with E-state index < -0.39 is 0 Å². The summed E-state index contributed by atoms with van der Waals surface area (Å²) in [4.78, 5) is 2.39. The van der Waals surface area contributed by atoms with Crippen molar-refractivity contribution < 1.29 is 4.42 Å². The molecule has 216 valence electrons. The van der Waals surface area contributed by atoms with Gasteiger partial charge >= 0.3 is 0 Å². The van der Waals surface area contributed by atoms with Crippen LogP contribution in [0.5, 0.6) is 0 Å². The molecule has 0 aliphatic rings. The maximum absolute atomic E-state index is 6.92. The van der Waals surface area contributed by atoms with Crippen molar-refractivity contribution in [3.63, 3.8) is 0 Å². The lowest BCUT2D eigenvalue weighted by Crippen LogP contribution is -2.11. The first-order valence-electron chi connectivity index (χ1n) is 15.5. The SMILES string of the molecule is CC(C)(C)c1cccc2c1oc1c(N(c3ccccc3)c3cc4sc5c6ccccc6ccc5c4c4ccccc34)cccc12. The fourth-order valence-corrected chi connectivity index (χ4v) is 8.38. The summed E-state index contributed by atoms with van der Waals surface area (Å²) in [6.07, 6.45) is 0. The molecule has 0 atom stereocenters. The van der Waals surface area contributed by atoms with Crippen LogP contribution in [0.3, 0.4) is 0 Å². The molecule has 45 heavy (non-hydrogen) atoms. The third kappa shape index (κ3) is 3.94. The minimum atomic E-state index is -0.0424. The number of hydrogen-bond acceptors (Lipinski definition) is 3. The number of rotatable bonds is 3. The van der Waals surface area contributed by atoms with E-state index in [1.54, 1.807) is 0 Å². The standard InChI is InChI=1S/C42H31NOS/c1-42(2,3)34-21-11-19-31-32-20-12-22-35(40(32)44-39(31)34)43(27-14-5-4-6-15-27)36-25-37-38(30-18-10-9-17-29(30)36)33-24-23-26-13-7-8-16-28(26)41(33)45-37/h4-25H,1-3H3. The first kappa shape index (κ1) is 26.3. The Kier molecular flexibility index (Phi) is 5.66. The van der Waals surface area contributed by atoms with E-state index in [1.807, 2.05) is 11.3 Å². The molecule has 9 rings (SSSR count). The topological polar surface area (TPSA) is 16.4 Å². The lowest BCUT2D eigenvalue weighted by Gasteiger charge is -2.27. The normalized spacial score (nSPS) is 12.3. The molecule has 0 amide bonds. The summed E-state index contributed by atoms with van der Waals surface area (Å²) in [5.74, 6) is 0. The number of anilines is 3. The highest BCUT2D eigenvalue weighted by molar-refractivity contribution is 7.27. The van der Waals surface area contributed by atoms with Gasteiger partial charge in [-0.05, 0) is 45.8 Å². The van der Waals surface area contributed by atoms with Crippen molar-refractivity contribution in [3.05, 3.63) is 139 Å². The molecule has 0 aliphatic heterocycles. The van der Waals surface area contributed by atoms with Crippen LogP contribution in [0.25, 0.3) is 63.7 Å². The van der Waals surface area contributed by atoms with Crippen molar-refractivity contribution in [1.29, 1.82) is 0 Å². The van der Waals surface area contributed by atoms with Gasteiger partial charge in [0.1, 0.15) is 5.58 Å². The number of benzene rings is 7. The van der Waals surface area contributed by atoms with Crippen molar-refractivity contribution in [1.82, 2.24) is 0 Å². The van der Waals surface area contributed by atoms with Crippen LogP contribution in [0.15, 0.2) is 138 Å². The van der Waals surface area contributed by atoms with Crippen molar-refractivity contribution in [2.24, 2.45) is 0 Å². The second-order valence-electron chi connectivity index (χ2n) is 12.9. The number of furan rings is 1. The maximum Gasteiger partial charge on any atom is 0.159 e. The van der Waals surface area contributed by atoms with Gasteiger partial charge < -0.3 is 9.32 Å². The summed E-state index contributed by atoms with van der Waals surface area (Å²) in [5, 5.41) is 9.99. The predicted octanol–water partition coefficient (Wildman–Crippen LogP) is 13.0. The molecule has 9 aromatic rings. The average Bonchev–Trinajstić information content (AvgIpc) is 3.64. The molecular weight excluding hydrogens is 567 g/mol. The Hall–Kier alpha value is -5.12. The lowest BCUT2D eigenvalue weighted by molar-refractivity contribution is 0.573. The van der Waals surface area contributed by atoms with Crippen LogP contribution in [0.1, 0.15) is 26.3 Å². The number of fused-ring (bicyclic) bond motifs is 10. The monoisotopic (exact) mass is 597 g/mol. The summed E-state index contributed by atoms with van der Waals surface area (Å²) in [5.41, 5.74) is 6.32. The highest BCUT2D eigenvalue weighted by Crippen LogP contribution is 2.49. The molecule has 2 aromatic heterocycles. The minimum Gasteiger partial charge on any atom is -0.454 e. The van der Waals surface area contributed by atoms with E-state index in [4.69, 9.17) is 4.42 Å². The number of hydrogen-bond donors (Lipinski definition) is 0. The summed E-state index contributed by atoms with van der Waals surface area (Å²) >= 11 is 1.89. The third-order valence-electron chi connectivity index (χ3n) is 9.16. The van der Waals surface area contributed by atoms with Crippen LogP contribution >= 0.6 is 11.3 Å². The fraction of sp³-hybridized carbons (Fsp3) is 0.0952. The second-order valence-corrected chi connectivity index (χ2v) is 14.0. The first-order chi connectivity index (χ1) is 22.0. The Morgan fingerprint density at radius 2 is 1.20 bits per heavy atom. The zero-order chi connectivity index (χ0) is 30.3. The van der Waals surface area contributed by atoms with E-state index >= 15 is 0 Å². The van der Waals surface area contributed by atoms with Crippen LogP contribution in [0, 0.1) is 0 Å². The predicted molar refractivity (Wildman–Crippen MR) is 195 cm³/mol. The molecule has 0 saturated heterocycles. The summed E-state index contributed by atoms with van der Waals surface area (Å²) in [6, 6.07) is 48.4. The van der Waals surface area contributed by atoms with Gasteiger partial charge in [-0.3, -0.25) is 0 Å². The number of para-hydroxylation sites is 3. The highest BCUT2D eigenvalue weighted by Gasteiger charge is 2.25. The molecule has 0 N–H and O–H groups in total. The van der Waals surface area contributed by atoms with Crippen molar-refractivity contribution in [3.8, 4) is 0 Å². The van der Waals surface area contributed by atoms with E-state index in [1.165, 1.54) is 47.3 Å². The van der Waals surface area contributed by atoms with Gasteiger partial charge in [0.2, 0.25) is 0 Å². The quantitative estimate of drug-likeness (QED) is 0.201. The Labute approximate surface area is 265 Å². The second kappa shape index (κ2) is 9.69. The van der Waals surface area contributed by atoms with Crippen LogP contribution in [-0.2, 0) is 5.41 Å². The van der Waals surface area contributed by atoms with Gasteiger partial charge in [-0.15, -0.1) is 11.3 Å². The van der Waals surface area contributed by atoms with Gasteiger partial charge in [-0.2, -0.15) is 0 Å². The summed E-state index contributed by atoms with van der Waals surface area (Å²) in [6.45, 7) is 6.76. The largest absolute Gasteiger partial charge is 0.454 e. The van der Waals surface area contributed by atoms with Gasteiger partial charge in [-0.1, -0.05) is 130 Å². The number of nitrogens with zero attached hydrogens (tertiary/aromatic N) is 1. The molecule has 0 spiro atoms. The van der Waals surface area contributed by atoms with E-state index in [0.717, 1.165) is 39.0 Å². The van der Waals surface area contributed by atoms with Gasteiger partial charge in [0.05, 0.1) is 11.4 Å². The molecule has 0 unspecified atom stereocenters. The van der Waals surface area contributed by atoms with E-state index in [2.05, 4.69) is 159 Å². The minimum absolute atomic E-state index is 0.0424. The van der Waals surface area contributed by atoms with E-state index in [-0.39, 0.29) is 5.41 Å². The number of thiophene rings is 1. The zero-order valence-electron chi connectivity index (χ0n) is 25.5. The Morgan fingerprint density at radius 1 is 0.533 bits per heavy atom. The zero-order valence-corrected chi connectivity index (χ0v) is 26.3. The highest BCUT2D eigenvalue weighted by atomic mass is 32.1. The Balaban J connectivity index is 1.40. The molecule has 3 heteroatoms. The van der Waals surface area contributed by atoms with Gasteiger partial charge in [-0.25, -0.2) is 0 Å². The Morgan fingerprint density at radius 3 is 2.00 bits per heavy atom. The van der Waals surface area contributed by atoms with Gasteiger partial charge in [0.15, 0.2) is 5.58 Å². The van der Waals surface area contributed by atoms with Crippen molar-refractivity contribution in [2.45, 2.75) is 26.2 Å². The third-order valence-corrected chi connectivity index (χ3v) is 10.3. The van der Waals surface area contributed by atoms with Crippen LogP contribution in [-0.4, -0.2) is 0 Å². The summed E-state index contributed by atoms with van der Waals surface area (Å²) < 4.78 is 9.54. The molecule has 0 radical (unpaired) electrons. The van der Waals surface area contributed by atoms with Gasteiger partial charge in [0.25, 0.3) is 0 Å². The van der Waals surface area contributed by atoms with Crippen LogP contribution in [0.4, 0.5) is 17.1 Å². The van der Waals surface area contributed by atoms with Crippen LogP contribution < -0.4 is 4.90 Å². The molecule has 2 nitrogen and oxygen atoms in total. The maximum atomic E-state index is 6.92. The molecule has 0 fully saturated rings. The molecule has 2 heterocycles. The van der Waals surface area contributed by atoms with E-state index in [0.29, 0.717) is 0 Å². The molecule has 7 aromatic carbocycles. The molecule has 0 aliphatic carbocycles. The Bertz CT molecular complexity index is 2580. The fourth-order valence-electron chi connectivity index (χ4n) is 7.09. The molecule has 0 bridgehead atoms. The van der Waals surface area contributed by atoms with Crippen LogP contribution in [0.2, 0.25) is 0 Å². The van der Waals surface area contributed by atoms with E-state index in [9.17, 15) is 0 Å². The van der Waals surface area contributed by atoms with Crippen molar-refractivity contribution in [2.75, 3.05) is 4.90 Å². The molecular formula is C42H31NOS. The molecule has 0 saturated carbocycles. The smallest absolute Gasteiger partial charge is 0.159 e. The first-order valence-corrected chi connectivity index (χ1v) is 16.3. The summed E-state index contributed by atoms with van der Waals surface area (Å²) in [7, 11) is 0. The van der Waals surface area contributed by atoms with Crippen molar-refractivity contribution >= 4 is 92.1 Å².